The number of sulfonamides is 1. The van der Waals surface area contributed by atoms with Crippen LogP contribution in [0.15, 0.2) is 11.4 Å². The lowest BCUT2D eigenvalue weighted by atomic mass is 10.4. The molecule has 16 heavy (non-hydrogen) atoms. The Balaban J connectivity index is 2.90. The predicted molar refractivity (Wildman–Crippen MR) is 60.2 cm³/mol. The van der Waals surface area contributed by atoms with Gasteiger partial charge in [-0.15, -0.1) is 11.3 Å². The van der Waals surface area contributed by atoms with E-state index >= 15 is 0 Å². The first-order chi connectivity index (χ1) is 7.50. The van der Waals surface area contributed by atoms with E-state index in [4.69, 9.17) is 5.11 Å². The van der Waals surface area contributed by atoms with Crippen molar-refractivity contribution in [1.29, 1.82) is 0 Å². The molecular weight excluding hydrogens is 254 g/mol. The molecule has 0 aromatic carbocycles. The number of aliphatic hydroxyl groups excluding tert-OH is 1. The zero-order chi connectivity index (χ0) is 12.2. The SMILES string of the molecule is COC(=O)c1sccc1NS(=O)(=O)CCO. The van der Waals surface area contributed by atoms with E-state index in [-0.39, 0.29) is 10.6 Å². The Labute approximate surface area is 96.9 Å². The topological polar surface area (TPSA) is 92.7 Å². The fraction of sp³-hybridized carbons (Fsp3) is 0.375. The van der Waals surface area contributed by atoms with Crippen molar-refractivity contribution in [3.63, 3.8) is 0 Å². The summed E-state index contributed by atoms with van der Waals surface area (Å²) in [5, 5.41) is 10.1. The molecule has 0 bridgehead atoms. The predicted octanol–water partition coefficient (Wildman–Crippen LogP) is 0.269. The molecule has 8 heteroatoms. The van der Waals surface area contributed by atoms with Crippen LogP contribution in [0.4, 0.5) is 5.69 Å². The largest absolute Gasteiger partial charge is 0.465 e. The van der Waals surface area contributed by atoms with Crippen LogP contribution in [-0.4, -0.2) is 39.0 Å². The minimum absolute atomic E-state index is 0.172. The molecule has 6 nitrogen and oxygen atoms in total. The molecule has 2 N–H and O–H groups in total. The van der Waals surface area contributed by atoms with E-state index < -0.39 is 28.4 Å². The summed E-state index contributed by atoms with van der Waals surface area (Å²) >= 11 is 1.08. The smallest absolute Gasteiger partial charge is 0.350 e. The Morgan fingerprint density at radius 2 is 2.31 bits per heavy atom. The number of aliphatic hydroxyl groups is 1. The van der Waals surface area contributed by atoms with Gasteiger partial charge < -0.3 is 9.84 Å². The van der Waals surface area contributed by atoms with Crippen molar-refractivity contribution < 1.29 is 23.1 Å². The maximum absolute atomic E-state index is 11.3. The fourth-order valence-electron chi connectivity index (χ4n) is 0.979. The van der Waals surface area contributed by atoms with Gasteiger partial charge in [0.1, 0.15) is 4.88 Å². The molecule has 0 saturated carbocycles. The number of carbonyl (C=O) groups excluding carboxylic acids is 1. The van der Waals surface area contributed by atoms with Gasteiger partial charge in [-0.3, -0.25) is 4.72 Å². The molecule has 0 unspecified atom stereocenters. The molecule has 0 aliphatic carbocycles. The van der Waals surface area contributed by atoms with E-state index in [0.29, 0.717) is 0 Å². The summed E-state index contributed by atoms with van der Waals surface area (Å²) in [7, 11) is -2.40. The van der Waals surface area contributed by atoms with Crippen LogP contribution in [-0.2, 0) is 14.8 Å². The summed E-state index contributed by atoms with van der Waals surface area (Å²) in [6.07, 6.45) is 0. The van der Waals surface area contributed by atoms with Gasteiger partial charge in [-0.2, -0.15) is 0 Å². The molecule has 0 radical (unpaired) electrons. The number of nitrogens with one attached hydrogen (secondary N) is 1. The standard InChI is InChI=1S/C8H11NO5S2/c1-14-8(11)7-6(2-4-15-7)9-16(12,13)5-3-10/h2,4,9-10H,3,5H2,1H3. The summed E-state index contributed by atoms with van der Waals surface area (Å²) in [5.74, 6) is -1.01. The lowest BCUT2D eigenvalue weighted by Crippen LogP contribution is -2.19. The number of rotatable bonds is 5. The summed E-state index contributed by atoms with van der Waals surface area (Å²) in [6.45, 7) is -0.479. The second-order valence-corrected chi connectivity index (χ2v) is 5.56. The quantitative estimate of drug-likeness (QED) is 0.745. The van der Waals surface area contributed by atoms with Gasteiger partial charge in [0.05, 0.1) is 25.2 Å². The maximum Gasteiger partial charge on any atom is 0.350 e. The number of esters is 1. The first-order valence-electron chi connectivity index (χ1n) is 4.27. The number of hydrogen-bond acceptors (Lipinski definition) is 6. The van der Waals surface area contributed by atoms with Crippen molar-refractivity contribution in [3.8, 4) is 0 Å². The van der Waals surface area contributed by atoms with Crippen molar-refractivity contribution in [2.75, 3.05) is 24.2 Å². The molecule has 0 spiro atoms. The lowest BCUT2D eigenvalue weighted by molar-refractivity contribution is 0.0607. The maximum atomic E-state index is 11.3. The minimum atomic E-state index is -3.62. The van der Waals surface area contributed by atoms with E-state index in [0.717, 1.165) is 11.3 Å². The molecule has 1 aromatic rings. The Bertz CT molecular complexity index is 465. The Hall–Kier alpha value is -1.12. The third-order valence-corrected chi connectivity index (χ3v) is 3.81. The van der Waals surface area contributed by atoms with Gasteiger partial charge in [0, 0.05) is 0 Å². The number of thiophene rings is 1. The molecule has 0 saturated heterocycles. The van der Waals surface area contributed by atoms with E-state index in [2.05, 4.69) is 9.46 Å². The zero-order valence-electron chi connectivity index (χ0n) is 8.47. The highest BCUT2D eigenvalue weighted by Crippen LogP contribution is 2.24. The van der Waals surface area contributed by atoms with Crippen LogP contribution >= 0.6 is 11.3 Å². The van der Waals surface area contributed by atoms with Crippen LogP contribution in [0.1, 0.15) is 9.67 Å². The molecule has 0 fully saturated rings. The zero-order valence-corrected chi connectivity index (χ0v) is 10.1. The van der Waals surface area contributed by atoms with Crippen LogP contribution in [0.2, 0.25) is 0 Å². The second-order valence-electron chi connectivity index (χ2n) is 2.80. The van der Waals surface area contributed by atoms with Gasteiger partial charge in [-0.1, -0.05) is 0 Å². The molecule has 0 aliphatic heterocycles. The van der Waals surface area contributed by atoms with E-state index in [1.807, 2.05) is 0 Å². The average Bonchev–Trinajstić information content (AvgIpc) is 2.63. The van der Waals surface area contributed by atoms with E-state index in [1.165, 1.54) is 13.2 Å². The van der Waals surface area contributed by atoms with Crippen LogP contribution < -0.4 is 4.72 Å². The van der Waals surface area contributed by atoms with E-state index in [9.17, 15) is 13.2 Å². The van der Waals surface area contributed by atoms with Gasteiger partial charge in [0.2, 0.25) is 10.0 Å². The van der Waals surface area contributed by atoms with Gasteiger partial charge >= 0.3 is 5.97 Å². The molecule has 1 rings (SSSR count). The number of methoxy groups -OCH3 is 1. The Kier molecular flexibility index (Phi) is 4.27. The summed E-state index contributed by atoms with van der Waals surface area (Å²) < 4.78 is 29.4. The molecule has 0 atom stereocenters. The monoisotopic (exact) mass is 265 g/mol. The number of anilines is 1. The van der Waals surface area contributed by atoms with Gasteiger partial charge in [0.25, 0.3) is 0 Å². The molecule has 0 aliphatic rings. The van der Waals surface area contributed by atoms with Crippen molar-refractivity contribution in [2.24, 2.45) is 0 Å². The van der Waals surface area contributed by atoms with Crippen molar-refractivity contribution in [3.05, 3.63) is 16.3 Å². The summed E-state index contributed by atoms with van der Waals surface area (Å²) in [4.78, 5) is 11.4. The van der Waals surface area contributed by atoms with Crippen LogP contribution in [0, 0.1) is 0 Å². The fourth-order valence-corrected chi connectivity index (χ4v) is 2.66. The Morgan fingerprint density at radius 1 is 1.62 bits per heavy atom. The highest BCUT2D eigenvalue weighted by Gasteiger charge is 2.18. The van der Waals surface area contributed by atoms with Crippen LogP contribution in [0.3, 0.4) is 0 Å². The summed E-state index contributed by atoms with van der Waals surface area (Å²) in [6, 6.07) is 1.46. The first kappa shape index (κ1) is 12.9. The third-order valence-electron chi connectivity index (χ3n) is 1.66. The van der Waals surface area contributed by atoms with Crippen LogP contribution in [0.25, 0.3) is 0 Å². The van der Waals surface area contributed by atoms with E-state index in [1.54, 1.807) is 5.38 Å². The highest BCUT2D eigenvalue weighted by atomic mass is 32.2. The second kappa shape index (κ2) is 5.28. The minimum Gasteiger partial charge on any atom is -0.465 e. The van der Waals surface area contributed by atoms with Crippen LogP contribution in [0.5, 0.6) is 0 Å². The molecule has 1 heterocycles. The lowest BCUT2D eigenvalue weighted by Gasteiger charge is -2.06. The number of carbonyl (C=O) groups is 1. The molecule has 0 amide bonds. The average molecular weight is 265 g/mol. The molecular formula is C8H11NO5S2. The normalized spacial score (nSPS) is 11.1. The third kappa shape index (κ3) is 3.19. The summed E-state index contributed by atoms with van der Waals surface area (Å²) in [5.41, 5.74) is 0.172. The number of hydrogen-bond donors (Lipinski definition) is 2. The van der Waals surface area contributed by atoms with Gasteiger partial charge in [-0.25, -0.2) is 13.2 Å². The van der Waals surface area contributed by atoms with Crippen molar-refractivity contribution in [2.45, 2.75) is 0 Å². The van der Waals surface area contributed by atoms with Crippen molar-refractivity contribution in [1.82, 2.24) is 0 Å². The van der Waals surface area contributed by atoms with Crippen molar-refractivity contribution >= 4 is 33.0 Å². The number of ether oxygens (including phenoxy) is 1. The first-order valence-corrected chi connectivity index (χ1v) is 6.80. The Morgan fingerprint density at radius 3 is 2.88 bits per heavy atom. The molecule has 1 aromatic heterocycles. The van der Waals surface area contributed by atoms with Gasteiger partial charge in [0.15, 0.2) is 0 Å². The van der Waals surface area contributed by atoms with Gasteiger partial charge in [-0.05, 0) is 11.4 Å². The molecule has 90 valence electrons. The highest BCUT2D eigenvalue weighted by molar-refractivity contribution is 7.92.